The highest BCUT2D eigenvalue weighted by molar-refractivity contribution is 5.84. The predicted octanol–water partition coefficient (Wildman–Crippen LogP) is 0.809. The Bertz CT molecular complexity index is 450. The Morgan fingerprint density at radius 1 is 1.39 bits per heavy atom. The molecule has 18 heavy (non-hydrogen) atoms. The number of benzene rings is 1. The summed E-state index contributed by atoms with van der Waals surface area (Å²) in [7, 11) is 1.59. The highest BCUT2D eigenvalue weighted by Gasteiger charge is 2.41. The normalized spacial score (nSPS) is 26.9. The fourth-order valence-electron chi connectivity index (χ4n) is 2.25. The number of amides is 1. The highest BCUT2D eigenvalue weighted by Crippen LogP contribution is 2.34. The summed E-state index contributed by atoms with van der Waals surface area (Å²) in [6.45, 7) is 0. The molecule has 5 nitrogen and oxygen atoms in total. The van der Waals surface area contributed by atoms with Crippen molar-refractivity contribution in [3.05, 3.63) is 24.3 Å². The minimum absolute atomic E-state index is 0.0983. The van der Waals surface area contributed by atoms with Crippen LogP contribution >= 0.6 is 0 Å². The Labute approximate surface area is 106 Å². The quantitative estimate of drug-likeness (QED) is 0.827. The van der Waals surface area contributed by atoms with E-state index in [4.69, 9.17) is 20.9 Å². The molecule has 1 aliphatic carbocycles. The average Bonchev–Trinajstić information content (AvgIpc) is 2.73. The number of hydrogen-bond donors (Lipinski definition) is 2. The van der Waals surface area contributed by atoms with Gasteiger partial charge in [0.05, 0.1) is 12.6 Å². The maximum absolute atomic E-state index is 11.3. The molecule has 4 N–H and O–H groups in total. The monoisotopic (exact) mass is 250 g/mol. The maximum atomic E-state index is 11.3. The van der Waals surface area contributed by atoms with Crippen LogP contribution in [0.5, 0.6) is 11.5 Å². The van der Waals surface area contributed by atoms with Crippen molar-refractivity contribution in [3.63, 3.8) is 0 Å². The standard InChI is InChI=1S/C13H18N2O3/c1-17-10-4-2-3-5-11(10)18-9-6-7-13(15,8-9)12(14)16/h2-5,9H,6-8,15H2,1H3,(H2,14,16). The maximum Gasteiger partial charge on any atom is 0.237 e. The number of para-hydroxylation sites is 2. The number of ether oxygens (including phenoxy) is 2. The largest absolute Gasteiger partial charge is 0.493 e. The van der Waals surface area contributed by atoms with Gasteiger partial charge in [0.25, 0.3) is 0 Å². The molecule has 0 spiro atoms. The van der Waals surface area contributed by atoms with Crippen LogP contribution in [0.15, 0.2) is 24.3 Å². The molecule has 1 fully saturated rings. The first-order valence-corrected chi connectivity index (χ1v) is 5.93. The molecule has 2 rings (SSSR count). The van der Waals surface area contributed by atoms with Crippen LogP contribution in [0.4, 0.5) is 0 Å². The molecule has 0 heterocycles. The van der Waals surface area contributed by atoms with Crippen LogP contribution in [0, 0.1) is 0 Å². The summed E-state index contributed by atoms with van der Waals surface area (Å²) < 4.78 is 11.0. The zero-order valence-electron chi connectivity index (χ0n) is 10.4. The third kappa shape index (κ3) is 2.41. The van der Waals surface area contributed by atoms with Gasteiger partial charge in [-0.25, -0.2) is 0 Å². The van der Waals surface area contributed by atoms with Crippen molar-refractivity contribution in [1.82, 2.24) is 0 Å². The van der Waals surface area contributed by atoms with E-state index in [0.717, 1.165) is 6.42 Å². The summed E-state index contributed by atoms with van der Waals surface area (Å²) in [6, 6.07) is 7.40. The fourth-order valence-corrected chi connectivity index (χ4v) is 2.25. The summed E-state index contributed by atoms with van der Waals surface area (Å²) in [5.41, 5.74) is 10.3. The van der Waals surface area contributed by atoms with E-state index in [0.29, 0.717) is 24.3 Å². The summed E-state index contributed by atoms with van der Waals surface area (Å²) in [5, 5.41) is 0. The predicted molar refractivity (Wildman–Crippen MR) is 67.4 cm³/mol. The summed E-state index contributed by atoms with van der Waals surface area (Å²) in [6.07, 6.45) is 1.62. The topological polar surface area (TPSA) is 87.6 Å². The van der Waals surface area contributed by atoms with Crippen LogP contribution in [0.2, 0.25) is 0 Å². The lowest BCUT2D eigenvalue weighted by molar-refractivity contribution is -0.123. The number of hydrogen-bond acceptors (Lipinski definition) is 4. The molecule has 1 aromatic carbocycles. The summed E-state index contributed by atoms with van der Waals surface area (Å²) in [5.74, 6) is 0.874. The molecule has 0 bridgehead atoms. The number of carbonyl (C=O) groups is 1. The Morgan fingerprint density at radius 2 is 2.06 bits per heavy atom. The van der Waals surface area contributed by atoms with Gasteiger partial charge < -0.3 is 20.9 Å². The van der Waals surface area contributed by atoms with E-state index in [1.165, 1.54) is 0 Å². The molecule has 0 saturated heterocycles. The molecule has 98 valence electrons. The van der Waals surface area contributed by atoms with Crippen LogP contribution in [0.25, 0.3) is 0 Å². The van der Waals surface area contributed by atoms with E-state index in [-0.39, 0.29) is 6.10 Å². The Morgan fingerprint density at radius 3 is 2.61 bits per heavy atom. The Hall–Kier alpha value is -1.75. The van der Waals surface area contributed by atoms with Gasteiger partial charge in [0.1, 0.15) is 6.10 Å². The van der Waals surface area contributed by atoms with Crippen LogP contribution in [0.1, 0.15) is 19.3 Å². The van der Waals surface area contributed by atoms with Crippen LogP contribution < -0.4 is 20.9 Å². The lowest BCUT2D eigenvalue weighted by Gasteiger charge is -2.20. The Balaban J connectivity index is 2.06. The molecule has 2 atom stereocenters. The van der Waals surface area contributed by atoms with E-state index < -0.39 is 11.4 Å². The minimum atomic E-state index is -0.938. The zero-order valence-corrected chi connectivity index (χ0v) is 10.4. The van der Waals surface area contributed by atoms with E-state index in [1.54, 1.807) is 7.11 Å². The first-order valence-electron chi connectivity index (χ1n) is 5.93. The van der Waals surface area contributed by atoms with Gasteiger partial charge in [0.15, 0.2) is 11.5 Å². The smallest absolute Gasteiger partial charge is 0.237 e. The molecule has 2 unspecified atom stereocenters. The van der Waals surface area contributed by atoms with Gasteiger partial charge in [-0.2, -0.15) is 0 Å². The van der Waals surface area contributed by atoms with Gasteiger partial charge in [-0.3, -0.25) is 4.79 Å². The van der Waals surface area contributed by atoms with Crippen LogP contribution in [0.3, 0.4) is 0 Å². The average molecular weight is 250 g/mol. The second-order valence-corrected chi connectivity index (χ2v) is 4.65. The van der Waals surface area contributed by atoms with Gasteiger partial charge in [-0.1, -0.05) is 12.1 Å². The number of rotatable bonds is 4. The minimum Gasteiger partial charge on any atom is -0.493 e. The van der Waals surface area contributed by atoms with Crippen molar-refractivity contribution < 1.29 is 14.3 Å². The van der Waals surface area contributed by atoms with Crippen molar-refractivity contribution in [3.8, 4) is 11.5 Å². The lowest BCUT2D eigenvalue weighted by atomic mass is 9.99. The van der Waals surface area contributed by atoms with Crippen molar-refractivity contribution >= 4 is 5.91 Å². The van der Waals surface area contributed by atoms with Gasteiger partial charge in [-0.15, -0.1) is 0 Å². The highest BCUT2D eigenvalue weighted by atomic mass is 16.5. The van der Waals surface area contributed by atoms with Crippen molar-refractivity contribution in [2.45, 2.75) is 30.9 Å². The van der Waals surface area contributed by atoms with E-state index in [9.17, 15) is 4.79 Å². The van der Waals surface area contributed by atoms with Crippen molar-refractivity contribution in [2.75, 3.05) is 7.11 Å². The van der Waals surface area contributed by atoms with E-state index >= 15 is 0 Å². The molecular formula is C13H18N2O3. The first kappa shape index (κ1) is 12.7. The first-order chi connectivity index (χ1) is 8.55. The second kappa shape index (κ2) is 4.86. The van der Waals surface area contributed by atoms with E-state index in [2.05, 4.69) is 0 Å². The number of carbonyl (C=O) groups excluding carboxylic acids is 1. The molecule has 1 saturated carbocycles. The molecule has 1 aromatic rings. The molecule has 0 aromatic heterocycles. The summed E-state index contributed by atoms with van der Waals surface area (Å²) in [4.78, 5) is 11.3. The third-order valence-corrected chi connectivity index (χ3v) is 3.36. The zero-order chi connectivity index (χ0) is 13.2. The molecule has 0 radical (unpaired) electrons. The fraction of sp³-hybridized carbons (Fsp3) is 0.462. The van der Waals surface area contributed by atoms with Crippen molar-refractivity contribution in [2.24, 2.45) is 11.5 Å². The number of nitrogens with two attached hydrogens (primary N) is 2. The van der Waals surface area contributed by atoms with Gasteiger partial charge in [0.2, 0.25) is 5.91 Å². The van der Waals surface area contributed by atoms with Gasteiger partial charge >= 0.3 is 0 Å². The lowest BCUT2D eigenvalue weighted by Crippen LogP contribution is -2.50. The van der Waals surface area contributed by atoms with Crippen LogP contribution in [-0.2, 0) is 4.79 Å². The summed E-state index contributed by atoms with van der Waals surface area (Å²) >= 11 is 0. The number of methoxy groups -OCH3 is 1. The molecule has 0 aliphatic heterocycles. The second-order valence-electron chi connectivity index (χ2n) is 4.65. The van der Waals surface area contributed by atoms with Gasteiger partial charge in [0, 0.05) is 6.42 Å². The van der Waals surface area contributed by atoms with Crippen molar-refractivity contribution in [1.29, 1.82) is 0 Å². The number of primary amides is 1. The molecule has 1 amide bonds. The van der Waals surface area contributed by atoms with E-state index in [1.807, 2.05) is 24.3 Å². The van der Waals surface area contributed by atoms with Gasteiger partial charge in [-0.05, 0) is 25.0 Å². The Kier molecular flexibility index (Phi) is 3.43. The SMILES string of the molecule is COc1ccccc1OC1CCC(N)(C(N)=O)C1. The molecule has 1 aliphatic rings. The molecule has 5 heteroatoms. The molecular weight excluding hydrogens is 232 g/mol. The van der Waals surface area contributed by atoms with Crippen LogP contribution in [-0.4, -0.2) is 24.7 Å². The third-order valence-electron chi connectivity index (χ3n) is 3.36.